The first kappa shape index (κ1) is 22.3. The average Bonchev–Trinajstić information content (AvgIpc) is 2.91. The lowest BCUT2D eigenvalue weighted by Gasteiger charge is -2.10. The lowest BCUT2D eigenvalue weighted by atomic mass is 10.2. The van der Waals surface area contributed by atoms with Crippen molar-refractivity contribution in [1.82, 2.24) is 15.6 Å². The van der Waals surface area contributed by atoms with Crippen molar-refractivity contribution in [3.63, 3.8) is 0 Å². The van der Waals surface area contributed by atoms with Crippen LogP contribution in [-0.4, -0.2) is 29.0 Å². The number of hydrogen-bond acceptors (Lipinski definition) is 5. The number of rotatable bonds is 7. The van der Waals surface area contributed by atoms with Crippen LogP contribution in [0, 0.1) is 24.0 Å². The maximum atomic E-state index is 10.8. The quantitative estimate of drug-likeness (QED) is 0.204. The first-order chi connectivity index (χ1) is 12.0. The van der Waals surface area contributed by atoms with Gasteiger partial charge >= 0.3 is 0 Å². The zero-order chi connectivity index (χ0) is 18.2. The highest BCUT2D eigenvalue weighted by atomic mass is 127. The molecule has 0 fully saturated rings. The summed E-state index contributed by atoms with van der Waals surface area (Å²) in [6.07, 6.45) is 0.834. The molecule has 0 amide bonds. The molecule has 26 heavy (non-hydrogen) atoms. The highest BCUT2D eigenvalue weighted by Gasteiger charge is 2.06. The Morgan fingerprint density at radius 1 is 1.35 bits per heavy atom. The SMILES string of the molecule is CCNC(=NCc1cccc([N+](=O)[O-])c1)NCCc1nc(C)c(C)s1.I. The van der Waals surface area contributed by atoms with E-state index in [2.05, 4.69) is 27.5 Å². The number of nitro groups is 1. The molecule has 2 N–H and O–H groups in total. The molecule has 0 unspecified atom stereocenters. The second kappa shape index (κ2) is 11.1. The molecule has 142 valence electrons. The number of guanidine groups is 1. The fraction of sp³-hybridized carbons (Fsp3) is 0.412. The fourth-order valence-corrected chi connectivity index (χ4v) is 3.15. The van der Waals surface area contributed by atoms with E-state index in [1.54, 1.807) is 23.5 Å². The van der Waals surface area contributed by atoms with Crippen molar-refractivity contribution in [2.75, 3.05) is 13.1 Å². The minimum atomic E-state index is -0.394. The van der Waals surface area contributed by atoms with Gasteiger partial charge in [-0.2, -0.15) is 0 Å². The molecule has 0 saturated heterocycles. The van der Waals surface area contributed by atoms with Gasteiger partial charge in [-0.1, -0.05) is 12.1 Å². The number of non-ortho nitro benzene ring substituents is 1. The van der Waals surface area contributed by atoms with Gasteiger partial charge in [0.2, 0.25) is 0 Å². The highest BCUT2D eigenvalue weighted by Crippen LogP contribution is 2.16. The third-order valence-electron chi connectivity index (χ3n) is 3.59. The molecule has 0 radical (unpaired) electrons. The number of hydrogen-bond donors (Lipinski definition) is 2. The minimum absolute atomic E-state index is 0. The van der Waals surface area contributed by atoms with Crippen LogP contribution in [0.4, 0.5) is 5.69 Å². The summed E-state index contributed by atoms with van der Waals surface area (Å²) in [4.78, 5) is 20.7. The van der Waals surface area contributed by atoms with E-state index >= 15 is 0 Å². The molecule has 2 rings (SSSR count). The average molecular weight is 489 g/mol. The summed E-state index contributed by atoms with van der Waals surface area (Å²) in [7, 11) is 0. The number of thiazole rings is 1. The molecule has 0 aliphatic rings. The maximum absolute atomic E-state index is 10.8. The number of aliphatic imine (C=N–C) groups is 1. The van der Waals surface area contributed by atoms with Crippen LogP contribution in [0.3, 0.4) is 0 Å². The number of benzene rings is 1. The van der Waals surface area contributed by atoms with E-state index in [-0.39, 0.29) is 29.7 Å². The van der Waals surface area contributed by atoms with Crippen molar-refractivity contribution >= 4 is 47.0 Å². The lowest BCUT2D eigenvalue weighted by molar-refractivity contribution is -0.384. The first-order valence-electron chi connectivity index (χ1n) is 8.18. The zero-order valence-corrected chi connectivity index (χ0v) is 18.3. The van der Waals surface area contributed by atoms with Crippen molar-refractivity contribution in [3.05, 3.63) is 55.5 Å². The number of aryl methyl sites for hydroxylation is 2. The summed E-state index contributed by atoms with van der Waals surface area (Å²) < 4.78 is 0. The van der Waals surface area contributed by atoms with Gasteiger partial charge in [0.15, 0.2) is 5.96 Å². The largest absolute Gasteiger partial charge is 0.357 e. The van der Waals surface area contributed by atoms with Gasteiger partial charge in [0, 0.05) is 36.5 Å². The predicted octanol–water partition coefficient (Wildman–Crippen LogP) is 3.58. The van der Waals surface area contributed by atoms with Gasteiger partial charge < -0.3 is 10.6 Å². The Hall–Kier alpha value is -1.75. The first-order valence-corrected chi connectivity index (χ1v) is 8.99. The number of nitrogens with one attached hydrogen (secondary N) is 2. The summed E-state index contributed by atoms with van der Waals surface area (Å²) >= 11 is 1.72. The Morgan fingerprint density at radius 3 is 2.73 bits per heavy atom. The summed E-state index contributed by atoms with van der Waals surface area (Å²) in [6.45, 7) is 7.95. The Bertz CT molecular complexity index is 744. The molecule has 0 aliphatic heterocycles. The van der Waals surface area contributed by atoms with Crippen molar-refractivity contribution in [2.24, 2.45) is 4.99 Å². The monoisotopic (exact) mass is 489 g/mol. The van der Waals surface area contributed by atoms with Crippen LogP contribution in [0.5, 0.6) is 0 Å². The Labute approximate surface area is 174 Å². The smallest absolute Gasteiger partial charge is 0.269 e. The van der Waals surface area contributed by atoms with E-state index in [1.165, 1.54) is 10.9 Å². The second-order valence-electron chi connectivity index (χ2n) is 5.55. The molecule has 0 atom stereocenters. The highest BCUT2D eigenvalue weighted by molar-refractivity contribution is 14.0. The predicted molar refractivity (Wildman–Crippen MR) is 117 cm³/mol. The van der Waals surface area contributed by atoms with Gasteiger partial charge in [0.1, 0.15) is 0 Å². The van der Waals surface area contributed by atoms with Crippen LogP contribution in [0.2, 0.25) is 0 Å². The molecular formula is C17H24IN5O2S. The van der Waals surface area contributed by atoms with E-state index < -0.39 is 4.92 Å². The fourth-order valence-electron chi connectivity index (χ4n) is 2.21. The minimum Gasteiger partial charge on any atom is -0.357 e. The number of nitrogens with zero attached hydrogens (tertiary/aromatic N) is 3. The van der Waals surface area contributed by atoms with E-state index in [0.29, 0.717) is 12.5 Å². The topological polar surface area (TPSA) is 92.5 Å². The standard InChI is InChI=1S/C17H23N5O2S.HI/c1-4-18-17(19-9-8-16-21-12(2)13(3)25-16)20-11-14-6-5-7-15(10-14)22(23)24;/h5-7,10H,4,8-9,11H2,1-3H3,(H2,18,19,20);1H. The van der Waals surface area contributed by atoms with Crippen LogP contribution >= 0.6 is 35.3 Å². The summed E-state index contributed by atoms with van der Waals surface area (Å²) in [6, 6.07) is 6.54. The van der Waals surface area contributed by atoms with Gasteiger partial charge in [-0.3, -0.25) is 10.1 Å². The van der Waals surface area contributed by atoms with Crippen LogP contribution in [-0.2, 0) is 13.0 Å². The van der Waals surface area contributed by atoms with Crippen LogP contribution in [0.15, 0.2) is 29.3 Å². The summed E-state index contributed by atoms with van der Waals surface area (Å²) in [5.74, 6) is 0.694. The molecule has 7 nitrogen and oxygen atoms in total. The molecule has 0 aliphatic carbocycles. The van der Waals surface area contributed by atoms with E-state index in [1.807, 2.05) is 19.9 Å². The van der Waals surface area contributed by atoms with Gasteiger partial charge in [0.25, 0.3) is 5.69 Å². The summed E-state index contributed by atoms with van der Waals surface area (Å²) in [5, 5.41) is 18.4. The molecule has 0 spiro atoms. The lowest BCUT2D eigenvalue weighted by Crippen LogP contribution is -2.38. The van der Waals surface area contributed by atoms with Crippen LogP contribution in [0.1, 0.15) is 28.1 Å². The van der Waals surface area contributed by atoms with Crippen molar-refractivity contribution in [3.8, 4) is 0 Å². The number of nitro benzene ring substituents is 1. The van der Waals surface area contributed by atoms with Gasteiger partial charge in [0.05, 0.1) is 22.2 Å². The Morgan fingerprint density at radius 2 is 2.12 bits per heavy atom. The third-order valence-corrected chi connectivity index (χ3v) is 4.72. The Kier molecular flexibility index (Phi) is 9.49. The van der Waals surface area contributed by atoms with Gasteiger partial charge in [-0.15, -0.1) is 35.3 Å². The molecule has 1 heterocycles. The van der Waals surface area contributed by atoms with Crippen molar-refractivity contribution < 1.29 is 4.92 Å². The van der Waals surface area contributed by atoms with E-state index in [4.69, 9.17) is 0 Å². The molecule has 1 aromatic carbocycles. The molecular weight excluding hydrogens is 465 g/mol. The Balaban J connectivity index is 0.00000338. The molecule has 0 saturated carbocycles. The van der Waals surface area contributed by atoms with E-state index in [0.717, 1.165) is 35.8 Å². The summed E-state index contributed by atoms with van der Waals surface area (Å²) in [5.41, 5.74) is 1.98. The van der Waals surface area contributed by atoms with Gasteiger partial charge in [-0.25, -0.2) is 9.98 Å². The number of aromatic nitrogens is 1. The van der Waals surface area contributed by atoms with Crippen molar-refractivity contribution in [1.29, 1.82) is 0 Å². The van der Waals surface area contributed by atoms with Crippen LogP contribution in [0.25, 0.3) is 0 Å². The number of halogens is 1. The molecule has 0 bridgehead atoms. The van der Waals surface area contributed by atoms with Crippen LogP contribution < -0.4 is 10.6 Å². The van der Waals surface area contributed by atoms with E-state index in [9.17, 15) is 10.1 Å². The molecule has 1 aromatic heterocycles. The van der Waals surface area contributed by atoms with Crippen molar-refractivity contribution in [2.45, 2.75) is 33.7 Å². The second-order valence-corrected chi connectivity index (χ2v) is 6.84. The zero-order valence-electron chi connectivity index (χ0n) is 15.1. The normalized spacial score (nSPS) is 11.0. The molecule has 9 heteroatoms. The molecule has 2 aromatic rings. The third kappa shape index (κ3) is 6.87. The van der Waals surface area contributed by atoms with Gasteiger partial charge in [-0.05, 0) is 26.3 Å². The maximum Gasteiger partial charge on any atom is 0.269 e.